The highest BCUT2D eigenvalue weighted by Gasteiger charge is 2.28. The number of aliphatic hydroxyl groups excluding tert-OH is 1. The number of nitrogens with zero attached hydrogens (tertiary/aromatic N) is 6. The van der Waals surface area contributed by atoms with Gasteiger partial charge in [0.1, 0.15) is 12.4 Å². The largest absolute Gasteiger partial charge is 0.388 e. The lowest BCUT2D eigenvalue weighted by Gasteiger charge is -2.33. The minimum Gasteiger partial charge on any atom is -0.388 e. The number of carbonyl (C=O) groups excluding carboxylic acids is 1. The third-order valence-corrected chi connectivity index (χ3v) is 4.89. The van der Waals surface area contributed by atoms with Crippen molar-refractivity contribution in [3.8, 4) is 0 Å². The summed E-state index contributed by atoms with van der Waals surface area (Å²) in [5, 5.41) is 17.5. The van der Waals surface area contributed by atoms with Gasteiger partial charge in [-0.15, -0.1) is 10.2 Å². The number of hydrogen-bond donors (Lipinski definition) is 1. The monoisotopic (exact) mass is 358 g/mol. The van der Waals surface area contributed by atoms with Crippen LogP contribution >= 0.6 is 0 Å². The van der Waals surface area contributed by atoms with Gasteiger partial charge in [0.15, 0.2) is 5.82 Å². The molecule has 26 heavy (non-hydrogen) atoms. The van der Waals surface area contributed by atoms with Crippen LogP contribution in [0.15, 0.2) is 24.5 Å². The third kappa shape index (κ3) is 4.25. The Morgan fingerprint density at radius 3 is 2.81 bits per heavy atom. The van der Waals surface area contributed by atoms with Gasteiger partial charge in [-0.05, 0) is 37.6 Å². The molecule has 0 radical (unpaired) electrons. The van der Waals surface area contributed by atoms with Crippen LogP contribution in [0.1, 0.15) is 36.0 Å². The zero-order chi connectivity index (χ0) is 18.5. The molecule has 1 atom stereocenters. The quantitative estimate of drug-likeness (QED) is 0.811. The summed E-state index contributed by atoms with van der Waals surface area (Å²) < 4.78 is 1.84. The Balaban J connectivity index is 1.58. The van der Waals surface area contributed by atoms with Crippen LogP contribution in [0.4, 0.5) is 0 Å². The molecule has 140 valence electrons. The van der Waals surface area contributed by atoms with Crippen LogP contribution in [-0.4, -0.2) is 67.2 Å². The Kier molecular flexibility index (Phi) is 5.95. The molecular formula is C18H26N6O2. The highest BCUT2D eigenvalue weighted by molar-refractivity contribution is 5.78. The SMILES string of the molecule is CN(CC(=O)N1CCC[C@H](c2nnc(CO)n2C)C1)Cc1ccncc1. The van der Waals surface area contributed by atoms with E-state index in [9.17, 15) is 9.90 Å². The Morgan fingerprint density at radius 1 is 1.35 bits per heavy atom. The molecule has 1 aliphatic heterocycles. The lowest BCUT2D eigenvalue weighted by Crippen LogP contribution is -2.44. The maximum absolute atomic E-state index is 12.7. The van der Waals surface area contributed by atoms with Gasteiger partial charge in [-0.25, -0.2) is 0 Å². The number of likely N-dealkylation sites (tertiary alicyclic amines) is 1. The molecule has 1 aliphatic rings. The predicted molar refractivity (Wildman–Crippen MR) is 96.1 cm³/mol. The van der Waals surface area contributed by atoms with Crippen LogP contribution in [0.3, 0.4) is 0 Å². The molecule has 0 unspecified atom stereocenters. The van der Waals surface area contributed by atoms with E-state index in [1.807, 2.05) is 40.6 Å². The lowest BCUT2D eigenvalue weighted by molar-refractivity contribution is -0.133. The van der Waals surface area contributed by atoms with Crippen molar-refractivity contribution in [3.05, 3.63) is 41.7 Å². The number of carbonyl (C=O) groups is 1. The standard InChI is InChI=1S/C18H26N6O2/c1-22(10-14-5-7-19-8-6-14)12-17(26)24-9-3-4-15(11-24)18-21-20-16(13-25)23(18)2/h5-8,15,25H,3-4,9-13H2,1-2H3/t15-/m0/s1. The molecule has 3 rings (SSSR count). The van der Waals surface area contributed by atoms with Crippen LogP contribution in [0.5, 0.6) is 0 Å². The van der Waals surface area contributed by atoms with Gasteiger partial charge in [0.2, 0.25) is 5.91 Å². The second-order valence-corrected chi connectivity index (χ2v) is 6.90. The predicted octanol–water partition coefficient (Wildman–Crippen LogP) is 0.540. The molecule has 8 heteroatoms. The van der Waals surface area contributed by atoms with Crippen LogP contribution < -0.4 is 0 Å². The third-order valence-electron chi connectivity index (χ3n) is 4.89. The summed E-state index contributed by atoms with van der Waals surface area (Å²) in [5.41, 5.74) is 1.14. The zero-order valence-corrected chi connectivity index (χ0v) is 15.4. The first kappa shape index (κ1) is 18.5. The lowest BCUT2D eigenvalue weighted by atomic mass is 9.97. The van der Waals surface area contributed by atoms with Crippen molar-refractivity contribution < 1.29 is 9.90 Å². The van der Waals surface area contributed by atoms with E-state index in [4.69, 9.17) is 0 Å². The fourth-order valence-corrected chi connectivity index (χ4v) is 3.47. The highest BCUT2D eigenvalue weighted by atomic mass is 16.3. The maximum Gasteiger partial charge on any atom is 0.236 e. The molecular weight excluding hydrogens is 332 g/mol. The van der Waals surface area contributed by atoms with Crippen molar-refractivity contribution in [2.75, 3.05) is 26.7 Å². The number of aliphatic hydroxyl groups is 1. The number of piperidine rings is 1. The van der Waals surface area contributed by atoms with E-state index in [2.05, 4.69) is 15.2 Å². The number of likely N-dealkylation sites (N-methyl/N-ethyl adjacent to an activating group) is 1. The minimum absolute atomic E-state index is 0.126. The fourth-order valence-electron chi connectivity index (χ4n) is 3.47. The van der Waals surface area contributed by atoms with Crippen molar-refractivity contribution in [2.24, 2.45) is 7.05 Å². The van der Waals surface area contributed by atoms with Gasteiger partial charge >= 0.3 is 0 Å². The van der Waals surface area contributed by atoms with Crippen molar-refractivity contribution in [3.63, 3.8) is 0 Å². The summed E-state index contributed by atoms with van der Waals surface area (Å²) in [6.45, 7) is 2.41. The van der Waals surface area contributed by atoms with Crippen LogP contribution in [0.25, 0.3) is 0 Å². The molecule has 0 bridgehead atoms. The van der Waals surface area contributed by atoms with Crippen molar-refractivity contribution in [2.45, 2.75) is 31.9 Å². The van der Waals surface area contributed by atoms with Crippen LogP contribution in [0, 0.1) is 0 Å². The summed E-state index contributed by atoms with van der Waals surface area (Å²) in [6, 6.07) is 3.93. The Hall–Kier alpha value is -2.32. The number of amides is 1. The Labute approximate surface area is 153 Å². The molecule has 2 aromatic rings. The molecule has 0 aromatic carbocycles. The second-order valence-electron chi connectivity index (χ2n) is 6.90. The number of pyridine rings is 1. The minimum atomic E-state index is -0.126. The van der Waals surface area contributed by atoms with E-state index in [0.717, 1.165) is 30.8 Å². The van der Waals surface area contributed by atoms with E-state index in [1.54, 1.807) is 12.4 Å². The van der Waals surface area contributed by atoms with Gasteiger partial charge < -0.3 is 14.6 Å². The molecule has 1 saturated heterocycles. The Morgan fingerprint density at radius 2 is 2.12 bits per heavy atom. The van der Waals surface area contributed by atoms with E-state index < -0.39 is 0 Å². The molecule has 1 amide bonds. The van der Waals surface area contributed by atoms with E-state index in [1.165, 1.54) is 0 Å². The molecule has 0 saturated carbocycles. The number of hydrogen-bond acceptors (Lipinski definition) is 6. The maximum atomic E-state index is 12.7. The number of rotatable bonds is 6. The highest BCUT2D eigenvalue weighted by Crippen LogP contribution is 2.26. The van der Waals surface area contributed by atoms with Gasteiger partial charge in [0.05, 0.1) is 6.54 Å². The van der Waals surface area contributed by atoms with E-state index >= 15 is 0 Å². The Bertz CT molecular complexity index is 733. The van der Waals surface area contributed by atoms with E-state index in [0.29, 0.717) is 25.5 Å². The topological polar surface area (TPSA) is 87.4 Å². The molecule has 1 N–H and O–H groups in total. The first-order chi connectivity index (χ1) is 12.6. The van der Waals surface area contributed by atoms with Crippen LogP contribution in [-0.2, 0) is 25.0 Å². The van der Waals surface area contributed by atoms with Gasteiger partial charge in [-0.3, -0.25) is 14.7 Å². The fraction of sp³-hybridized carbons (Fsp3) is 0.556. The van der Waals surface area contributed by atoms with Gasteiger partial charge in [0, 0.05) is 45.0 Å². The number of aromatic nitrogens is 4. The van der Waals surface area contributed by atoms with Gasteiger partial charge in [-0.2, -0.15) is 0 Å². The molecule has 3 heterocycles. The average Bonchev–Trinajstić information content (AvgIpc) is 3.03. The van der Waals surface area contributed by atoms with Gasteiger partial charge in [-0.1, -0.05) is 0 Å². The molecule has 1 fully saturated rings. The first-order valence-corrected chi connectivity index (χ1v) is 8.92. The van der Waals surface area contributed by atoms with Gasteiger partial charge in [0.25, 0.3) is 0 Å². The molecule has 2 aromatic heterocycles. The zero-order valence-electron chi connectivity index (χ0n) is 15.4. The summed E-state index contributed by atoms with van der Waals surface area (Å²) in [6.07, 6.45) is 5.46. The first-order valence-electron chi connectivity index (χ1n) is 8.92. The smallest absolute Gasteiger partial charge is 0.236 e. The molecule has 0 spiro atoms. The van der Waals surface area contributed by atoms with Crippen molar-refractivity contribution in [1.82, 2.24) is 29.5 Å². The summed E-state index contributed by atoms with van der Waals surface area (Å²) in [4.78, 5) is 20.7. The summed E-state index contributed by atoms with van der Waals surface area (Å²) in [5.74, 6) is 1.70. The van der Waals surface area contributed by atoms with Crippen molar-refractivity contribution >= 4 is 5.91 Å². The molecule has 8 nitrogen and oxygen atoms in total. The average molecular weight is 358 g/mol. The molecule has 0 aliphatic carbocycles. The van der Waals surface area contributed by atoms with Crippen LogP contribution in [0.2, 0.25) is 0 Å². The second kappa shape index (κ2) is 8.37. The normalized spacial score (nSPS) is 17.7. The summed E-state index contributed by atoms with van der Waals surface area (Å²) in [7, 11) is 3.82. The van der Waals surface area contributed by atoms with Crippen molar-refractivity contribution in [1.29, 1.82) is 0 Å². The van der Waals surface area contributed by atoms with E-state index in [-0.39, 0.29) is 18.4 Å². The summed E-state index contributed by atoms with van der Waals surface area (Å²) >= 11 is 0.